The molecule has 1 amide bonds. The van der Waals surface area contributed by atoms with Crippen molar-refractivity contribution in [2.24, 2.45) is 0 Å². The first-order valence-corrected chi connectivity index (χ1v) is 8.45. The summed E-state index contributed by atoms with van der Waals surface area (Å²) >= 11 is 0. The summed E-state index contributed by atoms with van der Waals surface area (Å²) in [5, 5.41) is 2.80. The van der Waals surface area contributed by atoms with Gasteiger partial charge in [-0.05, 0) is 61.9 Å². The Morgan fingerprint density at radius 1 is 0.920 bits per heavy atom. The summed E-state index contributed by atoms with van der Waals surface area (Å²) in [4.78, 5) is 23.9. The number of nitrogens with one attached hydrogen (secondary N) is 1. The summed E-state index contributed by atoms with van der Waals surface area (Å²) in [6, 6.07) is 13.6. The Labute approximate surface area is 148 Å². The SMILES string of the molecule is CCCCOc1ccc(C(=O)Nc2ccc(C(=O)OCC)cc2)cc1. The summed E-state index contributed by atoms with van der Waals surface area (Å²) in [5.74, 6) is 0.159. The second-order valence-corrected chi connectivity index (χ2v) is 5.48. The number of anilines is 1. The highest BCUT2D eigenvalue weighted by molar-refractivity contribution is 6.04. The van der Waals surface area contributed by atoms with E-state index in [2.05, 4.69) is 12.2 Å². The second kappa shape index (κ2) is 9.47. The molecule has 132 valence electrons. The highest BCUT2D eigenvalue weighted by Gasteiger charge is 2.09. The van der Waals surface area contributed by atoms with Gasteiger partial charge in [-0.2, -0.15) is 0 Å². The van der Waals surface area contributed by atoms with Crippen LogP contribution in [0.4, 0.5) is 5.69 Å². The van der Waals surface area contributed by atoms with E-state index in [0.717, 1.165) is 18.6 Å². The van der Waals surface area contributed by atoms with Crippen LogP contribution in [0.1, 0.15) is 47.4 Å². The van der Waals surface area contributed by atoms with E-state index in [4.69, 9.17) is 9.47 Å². The van der Waals surface area contributed by atoms with E-state index in [1.54, 1.807) is 55.5 Å². The molecule has 0 bridgehead atoms. The van der Waals surface area contributed by atoms with E-state index < -0.39 is 0 Å². The molecule has 0 saturated heterocycles. The summed E-state index contributed by atoms with van der Waals surface area (Å²) in [5.41, 5.74) is 1.60. The van der Waals surface area contributed by atoms with Crippen LogP contribution in [0.15, 0.2) is 48.5 Å². The van der Waals surface area contributed by atoms with Crippen molar-refractivity contribution in [3.05, 3.63) is 59.7 Å². The van der Waals surface area contributed by atoms with E-state index >= 15 is 0 Å². The van der Waals surface area contributed by atoms with Gasteiger partial charge in [0.05, 0.1) is 18.8 Å². The highest BCUT2D eigenvalue weighted by Crippen LogP contribution is 2.15. The Morgan fingerprint density at radius 3 is 2.16 bits per heavy atom. The number of hydrogen-bond acceptors (Lipinski definition) is 4. The van der Waals surface area contributed by atoms with Gasteiger partial charge in [0.15, 0.2) is 0 Å². The van der Waals surface area contributed by atoms with Crippen molar-refractivity contribution in [1.82, 2.24) is 0 Å². The molecule has 2 rings (SSSR count). The van der Waals surface area contributed by atoms with Gasteiger partial charge in [0, 0.05) is 11.3 Å². The number of carbonyl (C=O) groups is 2. The molecule has 5 heteroatoms. The lowest BCUT2D eigenvalue weighted by molar-refractivity contribution is 0.0526. The van der Waals surface area contributed by atoms with Crippen LogP contribution in [0.5, 0.6) is 5.75 Å². The Kier molecular flexibility index (Phi) is 7.01. The van der Waals surface area contributed by atoms with Crippen LogP contribution in [0.25, 0.3) is 0 Å². The molecule has 2 aromatic carbocycles. The zero-order chi connectivity index (χ0) is 18.1. The zero-order valence-corrected chi connectivity index (χ0v) is 14.6. The molecular formula is C20H23NO4. The third kappa shape index (κ3) is 5.64. The molecule has 0 atom stereocenters. The van der Waals surface area contributed by atoms with E-state index in [9.17, 15) is 9.59 Å². The normalized spacial score (nSPS) is 10.2. The van der Waals surface area contributed by atoms with Crippen LogP contribution >= 0.6 is 0 Å². The fraction of sp³-hybridized carbons (Fsp3) is 0.300. The minimum absolute atomic E-state index is 0.219. The molecule has 0 unspecified atom stereocenters. The van der Waals surface area contributed by atoms with Crippen molar-refractivity contribution >= 4 is 17.6 Å². The van der Waals surface area contributed by atoms with Crippen LogP contribution in [0.3, 0.4) is 0 Å². The summed E-state index contributed by atoms with van der Waals surface area (Å²) in [6.07, 6.45) is 2.08. The molecule has 1 N–H and O–H groups in total. The van der Waals surface area contributed by atoms with Gasteiger partial charge in [0.25, 0.3) is 5.91 Å². The fourth-order valence-corrected chi connectivity index (χ4v) is 2.14. The van der Waals surface area contributed by atoms with Crippen molar-refractivity contribution in [2.45, 2.75) is 26.7 Å². The minimum atomic E-state index is -0.376. The molecule has 0 saturated carbocycles. The number of ether oxygens (including phenoxy) is 2. The van der Waals surface area contributed by atoms with Gasteiger partial charge in [0.2, 0.25) is 0 Å². The second-order valence-electron chi connectivity index (χ2n) is 5.48. The molecule has 0 fully saturated rings. The van der Waals surface area contributed by atoms with Gasteiger partial charge in [-0.25, -0.2) is 4.79 Å². The number of rotatable bonds is 8. The lowest BCUT2D eigenvalue weighted by Crippen LogP contribution is -2.12. The van der Waals surface area contributed by atoms with E-state index in [1.807, 2.05) is 0 Å². The van der Waals surface area contributed by atoms with Gasteiger partial charge >= 0.3 is 5.97 Å². The molecule has 0 aliphatic heterocycles. The number of amides is 1. The third-order valence-corrected chi connectivity index (χ3v) is 3.54. The molecule has 0 heterocycles. The smallest absolute Gasteiger partial charge is 0.338 e. The molecule has 0 radical (unpaired) electrons. The molecule has 0 aromatic heterocycles. The average Bonchev–Trinajstić information content (AvgIpc) is 2.63. The maximum atomic E-state index is 12.3. The maximum absolute atomic E-state index is 12.3. The summed E-state index contributed by atoms with van der Waals surface area (Å²) < 4.78 is 10.5. The van der Waals surface area contributed by atoms with Gasteiger partial charge in [-0.3, -0.25) is 4.79 Å². The molecular weight excluding hydrogens is 318 g/mol. The fourth-order valence-electron chi connectivity index (χ4n) is 2.14. The van der Waals surface area contributed by atoms with Crippen molar-refractivity contribution in [3.63, 3.8) is 0 Å². The number of esters is 1. The van der Waals surface area contributed by atoms with E-state index in [-0.39, 0.29) is 11.9 Å². The highest BCUT2D eigenvalue weighted by atomic mass is 16.5. The molecule has 0 aliphatic rings. The molecule has 5 nitrogen and oxygen atoms in total. The Morgan fingerprint density at radius 2 is 1.56 bits per heavy atom. The number of carbonyl (C=O) groups excluding carboxylic acids is 2. The van der Waals surface area contributed by atoms with Crippen LogP contribution < -0.4 is 10.1 Å². The predicted molar refractivity (Wildman–Crippen MR) is 97.2 cm³/mol. The van der Waals surface area contributed by atoms with E-state index in [0.29, 0.717) is 30.0 Å². The Hall–Kier alpha value is -2.82. The van der Waals surface area contributed by atoms with Crippen LogP contribution in [0.2, 0.25) is 0 Å². The average molecular weight is 341 g/mol. The minimum Gasteiger partial charge on any atom is -0.494 e. The van der Waals surface area contributed by atoms with Crippen molar-refractivity contribution in [3.8, 4) is 5.75 Å². The topological polar surface area (TPSA) is 64.6 Å². The zero-order valence-electron chi connectivity index (χ0n) is 14.6. The predicted octanol–water partition coefficient (Wildman–Crippen LogP) is 4.29. The third-order valence-electron chi connectivity index (χ3n) is 3.54. The number of hydrogen-bond donors (Lipinski definition) is 1. The lowest BCUT2D eigenvalue weighted by Gasteiger charge is -2.08. The van der Waals surface area contributed by atoms with Gasteiger partial charge in [-0.1, -0.05) is 13.3 Å². The first kappa shape index (κ1) is 18.5. The van der Waals surface area contributed by atoms with Crippen molar-refractivity contribution in [1.29, 1.82) is 0 Å². The quantitative estimate of drug-likeness (QED) is 0.574. The van der Waals surface area contributed by atoms with Crippen molar-refractivity contribution < 1.29 is 19.1 Å². The molecule has 0 spiro atoms. The number of unbranched alkanes of at least 4 members (excludes halogenated alkanes) is 1. The van der Waals surface area contributed by atoms with Crippen molar-refractivity contribution in [2.75, 3.05) is 18.5 Å². The monoisotopic (exact) mass is 341 g/mol. The Balaban J connectivity index is 1.93. The van der Waals surface area contributed by atoms with Gasteiger partial charge < -0.3 is 14.8 Å². The Bertz CT molecular complexity index is 693. The lowest BCUT2D eigenvalue weighted by atomic mass is 10.1. The maximum Gasteiger partial charge on any atom is 0.338 e. The number of benzene rings is 2. The molecule has 2 aromatic rings. The summed E-state index contributed by atoms with van der Waals surface area (Å²) in [7, 11) is 0. The largest absolute Gasteiger partial charge is 0.494 e. The standard InChI is InChI=1S/C20H23NO4/c1-3-5-14-25-18-12-8-15(9-13-18)19(22)21-17-10-6-16(7-11-17)20(23)24-4-2/h6-13H,3-5,14H2,1-2H3,(H,21,22). The summed E-state index contributed by atoms with van der Waals surface area (Å²) in [6.45, 7) is 4.87. The van der Waals surface area contributed by atoms with Gasteiger partial charge in [0.1, 0.15) is 5.75 Å². The van der Waals surface area contributed by atoms with Crippen LogP contribution in [-0.4, -0.2) is 25.1 Å². The van der Waals surface area contributed by atoms with Crippen LogP contribution in [-0.2, 0) is 4.74 Å². The van der Waals surface area contributed by atoms with Crippen LogP contribution in [0, 0.1) is 0 Å². The van der Waals surface area contributed by atoms with Gasteiger partial charge in [-0.15, -0.1) is 0 Å². The molecule has 0 aliphatic carbocycles. The first-order chi connectivity index (χ1) is 12.1. The first-order valence-electron chi connectivity index (χ1n) is 8.45. The van der Waals surface area contributed by atoms with E-state index in [1.165, 1.54) is 0 Å². The molecule has 25 heavy (non-hydrogen) atoms.